The highest BCUT2D eigenvalue weighted by molar-refractivity contribution is 6.01. The number of carbonyl (C=O) groups is 24. The lowest BCUT2D eigenvalue weighted by atomic mass is 9.78. The molecule has 0 rings (SSSR count). The highest BCUT2D eigenvalue weighted by Gasteiger charge is 2.40. The van der Waals surface area contributed by atoms with Crippen molar-refractivity contribution in [2.45, 2.75) is 250 Å². The molecule has 0 aromatic carbocycles. The van der Waals surface area contributed by atoms with Crippen molar-refractivity contribution in [1.29, 1.82) is 0 Å². The Hall–Kier alpha value is -11.8. The molecule has 27 N–H and O–H groups in total. The van der Waals surface area contributed by atoms with Crippen molar-refractivity contribution < 1.29 is 182 Å². The Bertz CT molecular complexity index is 3740. The van der Waals surface area contributed by atoms with Crippen LogP contribution in [0.2, 0.25) is 0 Å². The molecule has 0 aromatic heterocycles. The fourth-order valence-electron chi connectivity index (χ4n) is 12.7. The summed E-state index contributed by atoms with van der Waals surface area (Å²) in [4.78, 5) is 321. The van der Waals surface area contributed by atoms with Gasteiger partial charge in [0.15, 0.2) is 11.6 Å². The van der Waals surface area contributed by atoms with E-state index in [2.05, 4.69) is 31.9 Å². The van der Waals surface area contributed by atoms with Crippen molar-refractivity contribution in [2.24, 2.45) is 41.4 Å². The number of carboxylic acid groups (broad SMARTS) is 1. The summed E-state index contributed by atoms with van der Waals surface area (Å²) in [5.74, 6) is -38.6. The maximum Gasteiger partial charge on any atom is 0.304 e. The molecule has 16 amide bonds. The number of ether oxygens (including phenoxy) is 2. The van der Waals surface area contributed by atoms with Crippen LogP contribution in [-0.4, -0.2) is 261 Å². The minimum atomic E-state index is -2.17. The van der Waals surface area contributed by atoms with Gasteiger partial charge in [-0.05, 0) is 89.9 Å². The van der Waals surface area contributed by atoms with Gasteiger partial charge in [-0.25, -0.2) is 54.8 Å². The highest BCUT2D eigenvalue weighted by Crippen LogP contribution is 2.30. The van der Waals surface area contributed by atoms with Gasteiger partial charge in [-0.1, -0.05) is 13.8 Å². The molecular formula is C74H118N16O37. The molecule has 127 heavy (non-hydrogen) atoms. The van der Waals surface area contributed by atoms with Crippen molar-refractivity contribution in [2.75, 3.05) is 26.9 Å². The van der Waals surface area contributed by atoms with Gasteiger partial charge in [0, 0.05) is 152 Å². The number of methoxy groups -OCH3 is 1. The molecule has 716 valence electrons. The third kappa shape index (κ3) is 49.6. The first-order valence-electron chi connectivity index (χ1n) is 40.1. The average Bonchev–Trinajstić information content (AvgIpc) is 0.841. The second kappa shape index (κ2) is 64.9. The molecule has 12 atom stereocenters. The standard InChI is InChI=1S/C74H118N16O37/c1-38(2)30-51(80-70(111)45(31-39(3)91)37-68(108)109)57(97)35-43(10-20-61(101)84-119)55(95)33-41(8-18-59(99)82-117)53(93)32-40(7-17-58(98)81-116)54(94)34-42(9-19-60(100)83-118)56(96)36-44(11-21-62(102)85-120)69(110)76-47(13-23-64(104)87-122)72(113)78-49(15-25-66(106)89-124)74(115)79-50(16-26-67(107)90-125)73(114)77-48(14-24-65(105)88-123)71(112)75-46(12-22-63(103)86-121)52(92)6-5-27-127-29-28-126-4/h38,40-51,116-125H,5-37H2,1-4H3,(H,75,112)(H,76,110)(H,77,114)(H,78,113)(H,79,115)(H,80,111)(H,81,98)(H,82,99)(H,83,100)(H,84,101)(H,85,102)(H,86,103)(H,87,104)(H,88,105)(H,89,106)(H,90,107)(H,108,109)/t40-,41-,42-,43-,44-,45+,46-,47-,48-,49-,50-,51-/m1/s1. The Balaban J connectivity index is 8.09. The Morgan fingerprint density at radius 3 is 0.772 bits per heavy atom. The Labute approximate surface area is 725 Å². The van der Waals surface area contributed by atoms with Gasteiger partial charge in [-0.2, -0.15) is 0 Å². The zero-order chi connectivity index (χ0) is 96.4. The summed E-state index contributed by atoms with van der Waals surface area (Å²) >= 11 is 0. The van der Waals surface area contributed by atoms with Crippen molar-refractivity contribution in [3.8, 4) is 0 Å². The van der Waals surface area contributed by atoms with E-state index in [0.29, 0.717) is 0 Å². The van der Waals surface area contributed by atoms with E-state index >= 15 is 0 Å². The largest absolute Gasteiger partial charge is 0.481 e. The van der Waals surface area contributed by atoms with E-state index in [0.717, 1.165) is 6.92 Å². The second-order valence-electron chi connectivity index (χ2n) is 29.9. The predicted molar refractivity (Wildman–Crippen MR) is 416 cm³/mol. The van der Waals surface area contributed by atoms with Gasteiger partial charge < -0.3 is 51.3 Å². The van der Waals surface area contributed by atoms with Crippen molar-refractivity contribution in [1.82, 2.24) is 86.7 Å². The van der Waals surface area contributed by atoms with E-state index in [-0.39, 0.29) is 45.0 Å². The number of nitrogens with one attached hydrogen (secondary N) is 16. The summed E-state index contributed by atoms with van der Waals surface area (Å²) in [6.45, 7) is 4.70. The molecule has 0 aliphatic rings. The summed E-state index contributed by atoms with van der Waals surface area (Å²) in [5.41, 5.74) is 13.0. The normalized spacial score (nSPS) is 13.8. The SMILES string of the molecule is COCCOCCCC(=O)[C@@H](CCC(=O)NO)NC(=O)[C@@H](CCC(=O)NO)NC(=O)[C@@H](CCC(=O)NO)NC(=O)[C@@H](CCC(=O)NO)NC(=O)[C@@H](CCC(=O)NO)NC(=O)[C@H](CCC(=O)NO)CC(=O)[C@H](CCC(=O)NO)CC(=O)[C@H](CCC(=O)NO)CC(=O)[C@H](CCC(=O)NO)CC(=O)[C@H](CCC(=O)NO)CC(=O)[C@@H](CC(C)C)NC(=O)[C@@H](CC(C)=O)CC(=O)O. The van der Waals surface area contributed by atoms with E-state index in [9.17, 15) is 167 Å². The molecular weight excluding hydrogens is 1700 g/mol. The van der Waals surface area contributed by atoms with E-state index in [1.807, 2.05) is 0 Å². The number of ketones is 7. The van der Waals surface area contributed by atoms with Crippen LogP contribution in [0.1, 0.15) is 213 Å². The van der Waals surface area contributed by atoms with Crippen molar-refractivity contribution in [3.05, 3.63) is 0 Å². The average molecular weight is 1820 g/mol. The minimum Gasteiger partial charge on any atom is -0.481 e. The summed E-state index contributed by atoms with van der Waals surface area (Å²) in [5, 5.41) is 117. The van der Waals surface area contributed by atoms with Crippen LogP contribution in [0.5, 0.6) is 0 Å². The zero-order valence-corrected chi connectivity index (χ0v) is 70.4. The third-order valence-corrected chi connectivity index (χ3v) is 19.7. The fourth-order valence-corrected chi connectivity index (χ4v) is 12.7. The van der Waals surface area contributed by atoms with Gasteiger partial charge in [-0.15, -0.1) is 0 Å². The Morgan fingerprint density at radius 2 is 0.496 bits per heavy atom. The quantitative estimate of drug-likeness (QED) is 0.0154. The molecule has 0 unspecified atom stereocenters. The maximum absolute atomic E-state index is 14.9. The van der Waals surface area contributed by atoms with E-state index in [4.69, 9.17) is 14.7 Å². The summed E-state index contributed by atoms with van der Waals surface area (Å²) in [7, 11) is 1.41. The molecule has 0 fully saturated rings. The van der Waals surface area contributed by atoms with Gasteiger partial charge >= 0.3 is 5.97 Å². The number of carbonyl (C=O) groups excluding carboxylic acids is 23. The number of rotatable bonds is 71. The van der Waals surface area contributed by atoms with Crippen molar-refractivity contribution in [3.63, 3.8) is 0 Å². The molecule has 0 spiro atoms. The third-order valence-electron chi connectivity index (χ3n) is 19.7. The Kier molecular flexibility index (Phi) is 58.8. The number of Topliss-reactive ketones (excluding diaryl/α,β-unsaturated/α-hetero) is 7. The van der Waals surface area contributed by atoms with Crippen LogP contribution in [0.25, 0.3) is 0 Å². The van der Waals surface area contributed by atoms with Gasteiger partial charge in [0.1, 0.15) is 53.1 Å². The Morgan fingerprint density at radius 1 is 0.252 bits per heavy atom. The predicted octanol–water partition coefficient (Wildman–Crippen LogP) is -5.24. The molecule has 0 saturated carbocycles. The summed E-state index contributed by atoms with van der Waals surface area (Å²) in [6, 6.07) is -11.4. The molecule has 0 radical (unpaired) electrons. The smallest absolute Gasteiger partial charge is 0.304 e. The van der Waals surface area contributed by atoms with Gasteiger partial charge in [0.05, 0.1) is 37.6 Å². The number of hydroxylamine groups is 10. The molecule has 0 saturated heterocycles. The highest BCUT2D eigenvalue weighted by atomic mass is 16.5. The summed E-state index contributed by atoms with van der Waals surface area (Å²) < 4.78 is 10.3. The number of amides is 16. The topological polar surface area (TPSA) is 843 Å². The van der Waals surface area contributed by atoms with E-state index < -0.39 is 386 Å². The molecule has 0 aromatic rings. The van der Waals surface area contributed by atoms with Crippen LogP contribution in [0.3, 0.4) is 0 Å². The molecule has 0 heterocycles. The first-order valence-corrected chi connectivity index (χ1v) is 40.1. The fraction of sp³-hybridized carbons (Fsp3) is 0.676. The maximum atomic E-state index is 14.9. The van der Waals surface area contributed by atoms with Crippen LogP contribution >= 0.6 is 0 Å². The lowest BCUT2D eigenvalue weighted by molar-refractivity contribution is -0.142. The van der Waals surface area contributed by atoms with Crippen molar-refractivity contribution >= 4 is 141 Å². The number of aliphatic carboxylic acids is 1. The van der Waals surface area contributed by atoms with Gasteiger partial charge in [0.2, 0.25) is 94.5 Å². The minimum absolute atomic E-state index is 0.0141. The van der Waals surface area contributed by atoms with E-state index in [1.165, 1.54) is 61.9 Å². The molecule has 0 aliphatic heterocycles. The first kappa shape index (κ1) is 115. The first-order chi connectivity index (χ1) is 60.0. The summed E-state index contributed by atoms with van der Waals surface area (Å²) in [6.07, 6.45) is -22.1. The van der Waals surface area contributed by atoms with Crippen LogP contribution in [-0.2, 0) is 125 Å². The second-order valence-corrected chi connectivity index (χ2v) is 29.9. The molecule has 53 heteroatoms. The van der Waals surface area contributed by atoms with Gasteiger partial charge in [0.25, 0.3) is 0 Å². The molecule has 0 aliphatic carbocycles. The zero-order valence-electron chi connectivity index (χ0n) is 70.4. The van der Waals surface area contributed by atoms with Crippen LogP contribution in [0.4, 0.5) is 0 Å². The number of carboxylic acids is 1. The van der Waals surface area contributed by atoms with Crippen LogP contribution in [0.15, 0.2) is 0 Å². The van der Waals surface area contributed by atoms with Crippen LogP contribution in [0, 0.1) is 41.4 Å². The number of hydrogen-bond acceptors (Lipinski definition) is 36. The monoisotopic (exact) mass is 1820 g/mol. The molecule has 0 bridgehead atoms. The van der Waals surface area contributed by atoms with Crippen LogP contribution < -0.4 is 86.7 Å². The number of hydrogen-bond donors (Lipinski definition) is 27. The molecule has 53 nitrogen and oxygen atoms in total. The lowest BCUT2D eigenvalue weighted by Gasteiger charge is -2.28. The van der Waals surface area contributed by atoms with E-state index in [1.54, 1.807) is 13.8 Å². The lowest BCUT2D eigenvalue weighted by Crippen LogP contribution is -2.59. The van der Waals surface area contributed by atoms with Gasteiger partial charge in [-0.3, -0.25) is 162 Å².